The van der Waals surface area contributed by atoms with E-state index in [2.05, 4.69) is 0 Å². The van der Waals surface area contributed by atoms with E-state index in [-0.39, 0.29) is 5.91 Å². The van der Waals surface area contributed by atoms with E-state index >= 15 is 0 Å². The Kier molecular flexibility index (Phi) is 2.56. The van der Waals surface area contributed by atoms with Gasteiger partial charge in [0, 0.05) is 18.5 Å². The Bertz CT molecular complexity index is 423. The molecule has 0 aromatic heterocycles. The molecule has 1 aliphatic rings. The van der Waals surface area contributed by atoms with E-state index in [1.54, 1.807) is 0 Å². The highest BCUT2D eigenvalue weighted by molar-refractivity contribution is 6.00. The maximum atomic E-state index is 11.8. The number of benzene rings is 1. The lowest BCUT2D eigenvalue weighted by molar-refractivity contribution is -0.127. The third-order valence-corrected chi connectivity index (χ3v) is 2.64. The van der Waals surface area contributed by atoms with Crippen molar-refractivity contribution in [1.82, 2.24) is 5.01 Å². The van der Waals surface area contributed by atoms with Crippen LogP contribution in [0.3, 0.4) is 0 Å². The van der Waals surface area contributed by atoms with Gasteiger partial charge in [-0.1, -0.05) is 24.3 Å². The van der Waals surface area contributed by atoms with E-state index in [0.717, 1.165) is 11.1 Å². The van der Waals surface area contributed by atoms with Gasteiger partial charge in [0.2, 0.25) is 0 Å². The summed E-state index contributed by atoms with van der Waals surface area (Å²) in [6.07, 6.45) is 2.62. The van der Waals surface area contributed by atoms with Crippen molar-refractivity contribution in [3.63, 3.8) is 0 Å². The van der Waals surface area contributed by atoms with Crippen LogP contribution in [0.1, 0.15) is 18.1 Å². The zero-order valence-corrected chi connectivity index (χ0v) is 8.73. The first-order valence-corrected chi connectivity index (χ1v) is 5.07. The maximum Gasteiger partial charge on any atom is 0.264 e. The fourth-order valence-corrected chi connectivity index (χ4v) is 1.75. The van der Waals surface area contributed by atoms with Crippen molar-refractivity contribution in [2.75, 3.05) is 6.54 Å². The average Bonchev–Trinajstić information content (AvgIpc) is 2.70. The molecule has 78 valence electrons. The van der Waals surface area contributed by atoms with Crippen molar-refractivity contribution in [1.29, 1.82) is 0 Å². The van der Waals surface area contributed by atoms with Crippen molar-refractivity contribution in [2.45, 2.75) is 13.3 Å². The number of nitrogens with zero attached hydrogens (tertiary/aromatic N) is 1. The molecule has 2 rings (SSSR count). The number of rotatable bonds is 2. The van der Waals surface area contributed by atoms with Gasteiger partial charge in [-0.05, 0) is 24.1 Å². The van der Waals surface area contributed by atoms with Crippen LogP contribution in [0.15, 0.2) is 29.8 Å². The Morgan fingerprint density at radius 3 is 2.87 bits per heavy atom. The van der Waals surface area contributed by atoms with Crippen molar-refractivity contribution in [2.24, 2.45) is 5.84 Å². The fraction of sp³-hybridized carbons (Fsp3) is 0.250. The summed E-state index contributed by atoms with van der Waals surface area (Å²) in [7, 11) is 0. The highest BCUT2D eigenvalue weighted by Crippen LogP contribution is 2.25. The molecule has 0 spiro atoms. The van der Waals surface area contributed by atoms with Gasteiger partial charge in [0.05, 0.1) is 0 Å². The molecule has 0 aliphatic heterocycles. The highest BCUT2D eigenvalue weighted by atomic mass is 16.2. The third-order valence-electron chi connectivity index (χ3n) is 2.64. The van der Waals surface area contributed by atoms with Gasteiger partial charge in [0.15, 0.2) is 0 Å². The zero-order chi connectivity index (χ0) is 10.8. The SMILES string of the molecule is CCN(N)C(=O)C1=Cc2ccccc2C1. The first kappa shape index (κ1) is 9.93. The average molecular weight is 202 g/mol. The Morgan fingerprint density at radius 2 is 2.20 bits per heavy atom. The van der Waals surface area contributed by atoms with Crippen LogP contribution in [-0.4, -0.2) is 17.5 Å². The predicted octanol–water partition coefficient (Wildman–Crippen LogP) is 1.35. The van der Waals surface area contributed by atoms with Gasteiger partial charge in [-0.25, -0.2) is 5.84 Å². The molecule has 3 heteroatoms. The summed E-state index contributed by atoms with van der Waals surface area (Å²) in [5.41, 5.74) is 3.11. The minimum absolute atomic E-state index is 0.0753. The standard InChI is InChI=1S/C12H14N2O/c1-2-14(13)12(15)11-7-9-5-3-4-6-10(9)8-11/h3-7H,2,8,13H2,1H3. The summed E-state index contributed by atoms with van der Waals surface area (Å²) in [6.45, 7) is 2.40. The summed E-state index contributed by atoms with van der Waals surface area (Å²) in [5.74, 6) is 5.50. The normalized spacial score (nSPS) is 13.3. The predicted molar refractivity (Wildman–Crippen MR) is 59.7 cm³/mol. The summed E-state index contributed by atoms with van der Waals surface area (Å²) in [6, 6.07) is 8.02. The second-order valence-electron chi connectivity index (χ2n) is 3.64. The quantitative estimate of drug-likeness (QED) is 0.447. The van der Waals surface area contributed by atoms with Crippen molar-refractivity contribution in [3.8, 4) is 0 Å². The molecule has 0 saturated heterocycles. The van der Waals surface area contributed by atoms with E-state index in [0.29, 0.717) is 13.0 Å². The molecule has 1 aromatic carbocycles. The Hall–Kier alpha value is -1.61. The van der Waals surface area contributed by atoms with Crippen molar-refractivity contribution < 1.29 is 4.79 Å². The summed E-state index contributed by atoms with van der Waals surface area (Å²) >= 11 is 0. The minimum atomic E-state index is -0.0753. The molecule has 0 atom stereocenters. The minimum Gasteiger partial charge on any atom is -0.277 e. The van der Waals surface area contributed by atoms with E-state index in [9.17, 15) is 4.79 Å². The zero-order valence-electron chi connectivity index (χ0n) is 8.73. The number of hydrogen-bond acceptors (Lipinski definition) is 2. The van der Waals surface area contributed by atoms with Gasteiger partial charge in [-0.3, -0.25) is 9.80 Å². The van der Waals surface area contributed by atoms with Crippen molar-refractivity contribution >= 4 is 12.0 Å². The fourth-order valence-electron chi connectivity index (χ4n) is 1.75. The molecule has 0 heterocycles. The lowest BCUT2D eigenvalue weighted by atomic mass is 10.1. The monoisotopic (exact) mass is 202 g/mol. The molecule has 15 heavy (non-hydrogen) atoms. The van der Waals surface area contributed by atoms with Gasteiger partial charge < -0.3 is 0 Å². The third kappa shape index (κ3) is 1.78. The van der Waals surface area contributed by atoms with E-state index in [1.807, 2.05) is 37.3 Å². The number of nitrogens with two attached hydrogens (primary N) is 1. The number of fused-ring (bicyclic) bond motifs is 1. The molecule has 2 N–H and O–H groups in total. The molecule has 1 aliphatic carbocycles. The Balaban J connectivity index is 2.21. The molecule has 0 fully saturated rings. The largest absolute Gasteiger partial charge is 0.277 e. The summed E-state index contributed by atoms with van der Waals surface area (Å²) in [5, 5.41) is 1.25. The molecule has 3 nitrogen and oxygen atoms in total. The van der Waals surface area contributed by atoms with E-state index in [4.69, 9.17) is 5.84 Å². The maximum absolute atomic E-state index is 11.8. The van der Waals surface area contributed by atoms with Crippen LogP contribution in [0.5, 0.6) is 0 Å². The van der Waals surface area contributed by atoms with Gasteiger partial charge in [-0.15, -0.1) is 0 Å². The smallest absolute Gasteiger partial charge is 0.264 e. The highest BCUT2D eigenvalue weighted by Gasteiger charge is 2.20. The number of carbonyl (C=O) groups excluding carboxylic acids is 1. The van der Waals surface area contributed by atoms with Crippen LogP contribution < -0.4 is 5.84 Å². The molecule has 0 unspecified atom stereocenters. The first-order valence-electron chi connectivity index (χ1n) is 5.07. The van der Waals surface area contributed by atoms with Crippen LogP contribution >= 0.6 is 0 Å². The molecule has 0 radical (unpaired) electrons. The topological polar surface area (TPSA) is 46.3 Å². The van der Waals surface area contributed by atoms with Crippen LogP contribution in [0.4, 0.5) is 0 Å². The second-order valence-corrected chi connectivity index (χ2v) is 3.64. The lowest BCUT2D eigenvalue weighted by Gasteiger charge is -2.14. The number of hydrazine groups is 1. The Labute approximate surface area is 89.2 Å². The van der Waals surface area contributed by atoms with Crippen LogP contribution in [0, 0.1) is 0 Å². The van der Waals surface area contributed by atoms with Gasteiger partial charge in [0.1, 0.15) is 0 Å². The number of hydrogen-bond donors (Lipinski definition) is 1. The number of carbonyl (C=O) groups is 1. The van der Waals surface area contributed by atoms with Gasteiger partial charge >= 0.3 is 0 Å². The Morgan fingerprint density at radius 1 is 1.47 bits per heavy atom. The van der Waals surface area contributed by atoms with Gasteiger partial charge in [0.25, 0.3) is 5.91 Å². The van der Waals surface area contributed by atoms with Gasteiger partial charge in [-0.2, -0.15) is 0 Å². The molecular formula is C12H14N2O. The lowest BCUT2D eigenvalue weighted by Crippen LogP contribution is -2.38. The first-order chi connectivity index (χ1) is 7.22. The van der Waals surface area contributed by atoms with Crippen LogP contribution in [-0.2, 0) is 11.2 Å². The van der Waals surface area contributed by atoms with Crippen LogP contribution in [0.25, 0.3) is 6.08 Å². The molecule has 1 aromatic rings. The second kappa shape index (κ2) is 3.87. The number of amides is 1. The molecular weight excluding hydrogens is 188 g/mol. The van der Waals surface area contributed by atoms with E-state index in [1.165, 1.54) is 10.6 Å². The van der Waals surface area contributed by atoms with Crippen molar-refractivity contribution in [3.05, 3.63) is 41.0 Å². The summed E-state index contributed by atoms with van der Waals surface area (Å²) in [4.78, 5) is 11.8. The summed E-state index contributed by atoms with van der Waals surface area (Å²) < 4.78 is 0. The molecule has 0 bridgehead atoms. The van der Waals surface area contributed by atoms with Crippen LogP contribution in [0.2, 0.25) is 0 Å². The molecule has 1 amide bonds. The number of likely N-dealkylation sites (N-methyl/N-ethyl adjacent to an activating group) is 1. The van der Waals surface area contributed by atoms with E-state index < -0.39 is 0 Å². The molecule has 0 saturated carbocycles.